The van der Waals surface area contributed by atoms with Gasteiger partial charge in [0.25, 0.3) is 5.91 Å². The first-order valence-corrected chi connectivity index (χ1v) is 13.6. The molecule has 42 heavy (non-hydrogen) atoms. The van der Waals surface area contributed by atoms with Gasteiger partial charge >= 0.3 is 6.18 Å². The predicted molar refractivity (Wildman–Crippen MR) is 154 cm³/mol. The van der Waals surface area contributed by atoms with Crippen molar-refractivity contribution in [2.24, 2.45) is 7.05 Å². The topological polar surface area (TPSA) is 71.9 Å². The molecule has 1 amide bonds. The highest BCUT2D eigenvalue weighted by Crippen LogP contribution is 2.38. The maximum absolute atomic E-state index is 15.2. The Morgan fingerprint density at radius 3 is 2.45 bits per heavy atom. The number of rotatable bonds is 5. The molecule has 0 saturated carbocycles. The van der Waals surface area contributed by atoms with Gasteiger partial charge in [0.2, 0.25) is 0 Å². The van der Waals surface area contributed by atoms with Crippen molar-refractivity contribution in [3.63, 3.8) is 0 Å². The van der Waals surface area contributed by atoms with Crippen molar-refractivity contribution in [3.05, 3.63) is 76.5 Å². The molecule has 1 saturated heterocycles. The zero-order valence-corrected chi connectivity index (χ0v) is 24.2. The van der Waals surface area contributed by atoms with Crippen LogP contribution in [0.25, 0.3) is 5.70 Å². The number of carbonyl (C=O) groups is 1. The van der Waals surface area contributed by atoms with Crippen molar-refractivity contribution in [2.75, 3.05) is 55.5 Å². The van der Waals surface area contributed by atoms with Gasteiger partial charge in [0.05, 0.1) is 28.8 Å². The number of amides is 1. The van der Waals surface area contributed by atoms with Crippen LogP contribution in [0.5, 0.6) is 0 Å². The minimum atomic E-state index is -4.93. The lowest BCUT2D eigenvalue weighted by Crippen LogP contribution is -2.38. The summed E-state index contributed by atoms with van der Waals surface area (Å²) in [5.74, 6) is -1.95. The Balaban J connectivity index is 1.44. The number of anilines is 3. The second-order valence-corrected chi connectivity index (χ2v) is 10.8. The summed E-state index contributed by atoms with van der Waals surface area (Å²) in [6, 6.07) is 6.95. The largest absolute Gasteiger partial charge is 0.419 e. The lowest BCUT2D eigenvalue weighted by molar-refractivity contribution is -0.139. The summed E-state index contributed by atoms with van der Waals surface area (Å²) < 4.78 is 58.5. The number of hydrogen-bond donors (Lipinski definition) is 2. The molecule has 3 heterocycles. The van der Waals surface area contributed by atoms with Crippen LogP contribution >= 0.6 is 0 Å². The lowest BCUT2D eigenvalue weighted by atomic mass is 10.1. The first-order chi connectivity index (χ1) is 19.8. The van der Waals surface area contributed by atoms with E-state index >= 15 is 4.39 Å². The SMILES string of the molecule is Cc1ccc(C(=O)Nc2cc(N3CCCN(C)CC3)c(F)c(C(F)(F)F)c2)cc1N1C=C(c2cnn(C)c2C)N(C)N1. The molecule has 0 unspecified atom stereocenters. The Labute approximate surface area is 241 Å². The Kier molecular flexibility index (Phi) is 7.90. The zero-order chi connectivity index (χ0) is 30.3. The van der Waals surface area contributed by atoms with Crippen LogP contribution in [0.15, 0.2) is 42.7 Å². The van der Waals surface area contributed by atoms with Crippen LogP contribution in [0, 0.1) is 19.7 Å². The number of alkyl halides is 3. The van der Waals surface area contributed by atoms with Gasteiger partial charge in [-0.25, -0.2) is 4.39 Å². The summed E-state index contributed by atoms with van der Waals surface area (Å²) in [6.45, 7) is 5.97. The smallest absolute Gasteiger partial charge is 0.368 e. The minimum Gasteiger partial charge on any atom is -0.368 e. The molecule has 2 aliphatic heterocycles. The number of nitrogens with one attached hydrogen (secondary N) is 2. The maximum atomic E-state index is 15.2. The Morgan fingerprint density at radius 1 is 1.00 bits per heavy atom. The number of carbonyl (C=O) groups excluding carboxylic acids is 1. The van der Waals surface area contributed by atoms with E-state index in [4.69, 9.17) is 0 Å². The highest BCUT2D eigenvalue weighted by atomic mass is 19.4. The number of hydrazine groups is 2. The summed E-state index contributed by atoms with van der Waals surface area (Å²) in [4.78, 5) is 17.0. The second-order valence-electron chi connectivity index (χ2n) is 10.8. The van der Waals surface area contributed by atoms with Gasteiger partial charge in [-0.15, -0.1) is 5.53 Å². The van der Waals surface area contributed by atoms with E-state index in [-0.39, 0.29) is 16.9 Å². The number of benzene rings is 2. The van der Waals surface area contributed by atoms with E-state index in [2.05, 4.69) is 16.0 Å². The molecule has 224 valence electrons. The molecule has 0 aliphatic carbocycles. The van der Waals surface area contributed by atoms with Crippen LogP contribution in [0.1, 0.15) is 39.2 Å². The van der Waals surface area contributed by atoms with E-state index in [0.717, 1.165) is 29.1 Å². The molecule has 1 aromatic heterocycles. The van der Waals surface area contributed by atoms with Crippen LogP contribution in [0.3, 0.4) is 0 Å². The standard InChI is InChI=1S/C29H34F4N8O/c1-18-7-8-20(13-24(18)41-17-26(39(5)36-41)22-16-34-38(4)19(22)2)28(42)35-21-14-23(29(31,32)33)27(30)25(15-21)40-10-6-9-37(3)11-12-40/h7-8,13-17,36H,6,9-12H2,1-5H3,(H,35,42). The Morgan fingerprint density at radius 2 is 1.76 bits per heavy atom. The summed E-state index contributed by atoms with van der Waals surface area (Å²) >= 11 is 0. The van der Waals surface area contributed by atoms with Crippen molar-refractivity contribution in [1.29, 1.82) is 0 Å². The van der Waals surface area contributed by atoms with E-state index in [1.165, 1.54) is 6.07 Å². The number of aryl methyl sites for hydroxylation is 2. The number of likely N-dealkylation sites (N-methyl/N-ethyl adjacent to an activating group) is 1. The molecule has 5 rings (SSSR count). The van der Waals surface area contributed by atoms with E-state index in [1.54, 1.807) is 39.0 Å². The Bertz CT molecular complexity index is 1530. The van der Waals surface area contributed by atoms with E-state index in [1.807, 2.05) is 51.1 Å². The van der Waals surface area contributed by atoms with Crippen LogP contribution < -0.4 is 20.8 Å². The van der Waals surface area contributed by atoms with Crippen molar-refractivity contribution in [3.8, 4) is 0 Å². The predicted octanol–water partition coefficient (Wildman–Crippen LogP) is 4.76. The molecule has 0 bridgehead atoms. The third-order valence-electron chi connectivity index (χ3n) is 7.79. The van der Waals surface area contributed by atoms with Gasteiger partial charge in [-0.2, -0.15) is 18.3 Å². The van der Waals surface area contributed by atoms with Crippen LogP contribution in [-0.2, 0) is 13.2 Å². The third kappa shape index (κ3) is 5.79. The molecule has 9 nitrogen and oxygen atoms in total. The lowest BCUT2D eigenvalue weighted by Gasteiger charge is -2.26. The minimum absolute atomic E-state index is 0.128. The van der Waals surface area contributed by atoms with Gasteiger partial charge in [0, 0.05) is 62.4 Å². The second kappa shape index (κ2) is 11.3. The van der Waals surface area contributed by atoms with Crippen LogP contribution in [0.2, 0.25) is 0 Å². The summed E-state index contributed by atoms with van der Waals surface area (Å²) in [5.41, 5.74) is 6.06. The van der Waals surface area contributed by atoms with Crippen molar-refractivity contribution < 1.29 is 22.4 Å². The van der Waals surface area contributed by atoms with Crippen molar-refractivity contribution in [2.45, 2.75) is 26.4 Å². The number of aromatic nitrogens is 2. The van der Waals surface area contributed by atoms with Crippen LogP contribution in [0.4, 0.5) is 34.6 Å². The summed E-state index contributed by atoms with van der Waals surface area (Å²) in [7, 11) is 5.64. The van der Waals surface area contributed by atoms with Crippen molar-refractivity contribution >= 4 is 28.7 Å². The third-order valence-corrected chi connectivity index (χ3v) is 7.79. The number of hydrogen-bond acceptors (Lipinski definition) is 7. The number of nitrogens with zero attached hydrogens (tertiary/aromatic N) is 6. The van der Waals surface area contributed by atoms with Gasteiger partial charge in [0.15, 0.2) is 5.82 Å². The van der Waals surface area contributed by atoms with E-state index in [0.29, 0.717) is 37.8 Å². The molecule has 2 N–H and O–H groups in total. The molecule has 1 fully saturated rings. The molecule has 2 aliphatic rings. The average Bonchev–Trinajstić information content (AvgIpc) is 3.38. The van der Waals surface area contributed by atoms with Gasteiger partial charge in [-0.3, -0.25) is 19.5 Å². The highest BCUT2D eigenvalue weighted by molar-refractivity contribution is 6.05. The van der Waals surface area contributed by atoms with Crippen molar-refractivity contribution in [1.82, 2.24) is 25.2 Å². The molecule has 3 aromatic rings. The Hall–Kier alpha value is -4.10. The number of halogens is 4. The zero-order valence-electron chi connectivity index (χ0n) is 24.2. The van der Waals surface area contributed by atoms with Gasteiger partial charge in [-0.05, 0) is 63.7 Å². The molecule has 0 radical (unpaired) electrons. The molecule has 0 atom stereocenters. The van der Waals surface area contributed by atoms with E-state index in [9.17, 15) is 18.0 Å². The fraction of sp³-hybridized carbons (Fsp3) is 0.379. The molecular weight excluding hydrogens is 552 g/mol. The fourth-order valence-electron chi connectivity index (χ4n) is 5.20. The summed E-state index contributed by atoms with van der Waals surface area (Å²) in [5, 5.41) is 10.5. The maximum Gasteiger partial charge on any atom is 0.419 e. The monoisotopic (exact) mass is 586 g/mol. The molecule has 0 spiro atoms. The van der Waals surface area contributed by atoms with Gasteiger partial charge in [-0.1, -0.05) is 6.07 Å². The quantitative estimate of drug-likeness (QED) is 0.418. The normalized spacial score (nSPS) is 16.6. The molecular formula is C29H34F4N8O. The molecule has 2 aromatic carbocycles. The first kappa shape index (κ1) is 29.4. The van der Waals surface area contributed by atoms with E-state index < -0.39 is 23.5 Å². The average molecular weight is 587 g/mol. The first-order valence-electron chi connectivity index (χ1n) is 13.6. The van der Waals surface area contributed by atoms with Gasteiger partial charge in [0.1, 0.15) is 0 Å². The fourth-order valence-corrected chi connectivity index (χ4v) is 5.20. The highest BCUT2D eigenvalue weighted by Gasteiger charge is 2.37. The van der Waals surface area contributed by atoms with Crippen LogP contribution in [-0.4, -0.2) is 65.9 Å². The van der Waals surface area contributed by atoms with Gasteiger partial charge < -0.3 is 15.1 Å². The summed E-state index contributed by atoms with van der Waals surface area (Å²) in [6.07, 6.45) is -0.594. The molecule has 13 heteroatoms.